The molecule has 1 fully saturated rings. The molecule has 1 aromatic carbocycles. The summed E-state index contributed by atoms with van der Waals surface area (Å²) in [6, 6.07) is 7.88. The normalized spacial score (nSPS) is 17.2. The average molecular weight is 268 g/mol. The Morgan fingerprint density at radius 3 is 2.75 bits per heavy atom. The van der Waals surface area contributed by atoms with Gasteiger partial charge in [0, 0.05) is 17.6 Å². The number of nitroso groups, excluding NO2 is 1. The SMILES string of the molecule is CN1CCC(n2cc(C#N)c3ccc(N=O)cc32)CC1. The molecular weight excluding hydrogens is 252 g/mol. The van der Waals surface area contributed by atoms with Gasteiger partial charge in [-0.3, -0.25) is 0 Å². The summed E-state index contributed by atoms with van der Waals surface area (Å²) in [7, 11) is 2.12. The van der Waals surface area contributed by atoms with E-state index in [0.29, 0.717) is 17.3 Å². The topological polar surface area (TPSA) is 61.4 Å². The molecule has 5 nitrogen and oxygen atoms in total. The Balaban J connectivity index is 2.10. The summed E-state index contributed by atoms with van der Waals surface area (Å²) in [6.45, 7) is 2.11. The van der Waals surface area contributed by atoms with Gasteiger partial charge in [0.1, 0.15) is 11.8 Å². The Labute approximate surface area is 117 Å². The summed E-state index contributed by atoms with van der Waals surface area (Å²) in [5.41, 5.74) is 2.01. The average Bonchev–Trinajstić information content (AvgIpc) is 2.86. The molecule has 102 valence electrons. The van der Waals surface area contributed by atoms with Crippen LogP contribution in [0.5, 0.6) is 0 Å². The fourth-order valence-electron chi connectivity index (χ4n) is 2.96. The Morgan fingerprint density at radius 1 is 1.35 bits per heavy atom. The highest BCUT2D eigenvalue weighted by Gasteiger charge is 2.21. The third kappa shape index (κ3) is 2.08. The van der Waals surface area contributed by atoms with Crippen molar-refractivity contribution in [1.29, 1.82) is 5.26 Å². The molecule has 2 aromatic rings. The highest BCUT2D eigenvalue weighted by atomic mass is 16.3. The van der Waals surface area contributed by atoms with Crippen LogP contribution >= 0.6 is 0 Å². The van der Waals surface area contributed by atoms with Crippen molar-refractivity contribution in [2.24, 2.45) is 5.18 Å². The second kappa shape index (κ2) is 5.06. The molecular formula is C15H16N4O. The molecule has 0 amide bonds. The van der Waals surface area contributed by atoms with Crippen LogP contribution in [0.1, 0.15) is 24.4 Å². The molecule has 20 heavy (non-hydrogen) atoms. The van der Waals surface area contributed by atoms with Crippen molar-refractivity contribution in [3.05, 3.63) is 34.9 Å². The van der Waals surface area contributed by atoms with Gasteiger partial charge in [-0.05, 0) is 56.4 Å². The summed E-state index contributed by atoms with van der Waals surface area (Å²) >= 11 is 0. The van der Waals surface area contributed by atoms with Gasteiger partial charge in [0.2, 0.25) is 0 Å². The second-order valence-corrected chi connectivity index (χ2v) is 5.39. The summed E-state index contributed by atoms with van der Waals surface area (Å²) in [6.07, 6.45) is 4.03. The molecule has 0 N–H and O–H groups in total. The largest absolute Gasteiger partial charge is 0.343 e. The number of fused-ring (bicyclic) bond motifs is 1. The number of nitriles is 1. The number of benzene rings is 1. The lowest BCUT2D eigenvalue weighted by Crippen LogP contribution is -2.31. The van der Waals surface area contributed by atoms with Gasteiger partial charge in [-0.1, -0.05) is 0 Å². The molecule has 3 rings (SSSR count). The Hall–Kier alpha value is -2.19. The molecule has 0 spiro atoms. The zero-order valence-corrected chi connectivity index (χ0v) is 11.4. The van der Waals surface area contributed by atoms with Crippen molar-refractivity contribution in [3.8, 4) is 6.07 Å². The second-order valence-electron chi connectivity index (χ2n) is 5.39. The van der Waals surface area contributed by atoms with Crippen LogP contribution in [0, 0.1) is 16.2 Å². The maximum Gasteiger partial charge on any atom is 0.110 e. The number of piperidine rings is 1. The Bertz CT molecular complexity index is 690. The lowest BCUT2D eigenvalue weighted by molar-refractivity contribution is 0.224. The van der Waals surface area contributed by atoms with E-state index in [0.717, 1.165) is 36.8 Å². The summed E-state index contributed by atoms with van der Waals surface area (Å²) in [5, 5.41) is 13.2. The van der Waals surface area contributed by atoms with Gasteiger partial charge in [0.15, 0.2) is 0 Å². The Kier molecular flexibility index (Phi) is 3.25. The number of rotatable bonds is 2. The van der Waals surface area contributed by atoms with Gasteiger partial charge < -0.3 is 9.47 Å². The van der Waals surface area contributed by atoms with E-state index in [1.165, 1.54) is 0 Å². The van der Waals surface area contributed by atoms with Crippen LogP contribution in [0.3, 0.4) is 0 Å². The minimum absolute atomic E-state index is 0.387. The number of hydrogen-bond donors (Lipinski definition) is 0. The smallest absolute Gasteiger partial charge is 0.110 e. The third-order valence-corrected chi connectivity index (χ3v) is 4.13. The van der Waals surface area contributed by atoms with Gasteiger partial charge >= 0.3 is 0 Å². The van der Waals surface area contributed by atoms with Crippen molar-refractivity contribution < 1.29 is 0 Å². The van der Waals surface area contributed by atoms with Crippen molar-refractivity contribution in [3.63, 3.8) is 0 Å². The van der Waals surface area contributed by atoms with Crippen LogP contribution in [0.2, 0.25) is 0 Å². The van der Waals surface area contributed by atoms with Crippen molar-refractivity contribution in [1.82, 2.24) is 9.47 Å². The third-order valence-electron chi connectivity index (χ3n) is 4.13. The van der Waals surface area contributed by atoms with Crippen LogP contribution < -0.4 is 0 Å². The van der Waals surface area contributed by atoms with E-state index < -0.39 is 0 Å². The number of hydrogen-bond acceptors (Lipinski definition) is 4. The van der Waals surface area contributed by atoms with Crippen LogP contribution in [0.15, 0.2) is 29.6 Å². The van der Waals surface area contributed by atoms with E-state index in [9.17, 15) is 10.2 Å². The van der Waals surface area contributed by atoms with Gasteiger partial charge in [-0.2, -0.15) is 5.26 Å². The van der Waals surface area contributed by atoms with Crippen molar-refractivity contribution in [2.45, 2.75) is 18.9 Å². The summed E-state index contributed by atoms with van der Waals surface area (Å²) in [4.78, 5) is 13.0. The molecule has 1 aliphatic heterocycles. The predicted octanol–water partition coefficient (Wildman–Crippen LogP) is 3.18. The van der Waals surface area contributed by atoms with Crippen molar-refractivity contribution >= 4 is 16.6 Å². The molecule has 1 aliphatic rings. The summed E-state index contributed by atoms with van der Waals surface area (Å²) < 4.78 is 2.15. The first kappa shape index (κ1) is 12.8. The van der Waals surface area contributed by atoms with Crippen LogP contribution in [-0.4, -0.2) is 29.6 Å². The van der Waals surface area contributed by atoms with Crippen LogP contribution in [-0.2, 0) is 0 Å². The molecule has 1 aromatic heterocycles. The lowest BCUT2D eigenvalue weighted by atomic mass is 10.1. The quantitative estimate of drug-likeness (QED) is 0.786. The predicted molar refractivity (Wildman–Crippen MR) is 77.9 cm³/mol. The molecule has 1 saturated heterocycles. The monoisotopic (exact) mass is 268 g/mol. The molecule has 0 aliphatic carbocycles. The van der Waals surface area contributed by atoms with Crippen LogP contribution in [0.4, 0.5) is 5.69 Å². The van der Waals surface area contributed by atoms with E-state index in [-0.39, 0.29) is 0 Å². The highest BCUT2D eigenvalue weighted by molar-refractivity contribution is 5.88. The van der Waals surface area contributed by atoms with E-state index in [4.69, 9.17) is 0 Å². The minimum Gasteiger partial charge on any atom is -0.343 e. The first-order valence-electron chi connectivity index (χ1n) is 6.79. The highest BCUT2D eigenvalue weighted by Crippen LogP contribution is 2.31. The molecule has 5 heteroatoms. The number of aromatic nitrogens is 1. The molecule has 0 unspecified atom stereocenters. The maximum atomic E-state index is 10.7. The maximum absolute atomic E-state index is 10.7. The molecule has 0 atom stereocenters. The number of nitrogens with zero attached hydrogens (tertiary/aromatic N) is 4. The molecule has 0 bridgehead atoms. The molecule has 2 heterocycles. The van der Waals surface area contributed by atoms with Gasteiger partial charge in [0.05, 0.1) is 11.1 Å². The van der Waals surface area contributed by atoms with E-state index in [1.54, 1.807) is 12.1 Å². The first-order valence-corrected chi connectivity index (χ1v) is 6.79. The minimum atomic E-state index is 0.387. The molecule has 0 radical (unpaired) electrons. The van der Waals surface area contributed by atoms with Gasteiger partial charge in [-0.25, -0.2) is 0 Å². The van der Waals surface area contributed by atoms with Crippen molar-refractivity contribution in [2.75, 3.05) is 20.1 Å². The van der Waals surface area contributed by atoms with E-state index in [2.05, 4.69) is 27.8 Å². The lowest BCUT2D eigenvalue weighted by Gasteiger charge is -2.30. The standard InChI is InChI=1S/C15H16N4O/c1-18-6-4-13(5-7-18)19-10-11(9-16)14-3-2-12(17-20)8-15(14)19/h2-3,8,10,13H,4-7H2,1H3. The fraction of sp³-hybridized carbons (Fsp3) is 0.400. The molecule has 0 saturated carbocycles. The fourth-order valence-corrected chi connectivity index (χ4v) is 2.96. The zero-order valence-electron chi connectivity index (χ0n) is 11.4. The van der Waals surface area contributed by atoms with Gasteiger partial charge in [-0.15, -0.1) is 4.91 Å². The summed E-state index contributed by atoms with van der Waals surface area (Å²) in [5.74, 6) is 0. The van der Waals surface area contributed by atoms with E-state index >= 15 is 0 Å². The van der Waals surface area contributed by atoms with E-state index in [1.807, 2.05) is 12.3 Å². The zero-order chi connectivity index (χ0) is 14.1. The van der Waals surface area contributed by atoms with Gasteiger partial charge in [0.25, 0.3) is 0 Å². The Morgan fingerprint density at radius 2 is 2.10 bits per heavy atom. The first-order chi connectivity index (χ1) is 9.72. The number of likely N-dealkylation sites (tertiary alicyclic amines) is 1. The van der Waals surface area contributed by atoms with Crippen LogP contribution in [0.25, 0.3) is 10.9 Å².